The lowest BCUT2D eigenvalue weighted by molar-refractivity contribution is 0.155. The molecule has 0 spiro atoms. The van der Waals surface area contributed by atoms with E-state index in [2.05, 4.69) is 10.1 Å². The highest BCUT2D eigenvalue weighted by Crippen LogP contribution is 2.35. The minimum absolute atomic E-state index is 0.162. The second-order valence-electron chi connectivity index (χ2n) is 8.91. The normalized spacial score (nSPS) is 16.5. The van der Waals surface area contributed by atoms with Gasteiger partial charge in [0.1, 0.15) is 5.82 Å². The number of fused-ring (bicyclic) bond motifs is 1. The van der Waals surface area contributed by atoms with Gasteiger partial charge in [-0.15, -0.1) is 11.3 Å². The van der Waals surface area contributed by atoms with Gasteiger partial charge in [0.05, 0.1) is 21.6 Å². The Hall–Kier alpha value is -2.12. The number of nitrogens with zero attached hydrogens (tertiary/aromatic N) is 2. The molecule has 1 aromatic carbocycles. The number of amides is 1. The van der Waals surface area contributed by atoms with Crippen molar-refractivity contribution in [2.45, 2.75) is 49.9 Å². The highest BCUT2D eigenvalue weighted by atomic mass is 32.2. The molecule has 1 aliphatic carbocycles. The van der Waals surface area contributed by atoms with E-state index in [1.54, 1.807) is 5.38 Å². The van der Waals surface area contributed by atoms with Crippen molar-refractivity contribution in [1.82, 2.24) is 9.29 Å². The summed E-state index contributed by atoms with van der Waals surface area (Å²) in [6.45, 7) is 5.69. The van der Waals surface area contributed by atoms with Crippen molar-refractivity contribution < 1.29 is 27.5 Å². The van der Waals surface area contributed by atoms with E-state index in [1.807, 2.05) is 19.6 Å². The number of carbonyl (C=O) groups is 1. The van der Waals surface area contributed by atoms with Gasteiger partial charge in [-0.25, -0.2) is 17.6 Å². The van der Waals surface area contributed by atoms with Crippen LogP contribution in [0.3, 0.4) is 0 Å². The molecule has 0 aliphatic heterocycles. The number of carbonyl (C=O) groups excluding carboxylic acids is 1. The fourth-order valence-corrected chi connectivity index (χ4v) is 6.96. The van der Waals surface area contributed by atoms with Crippen molar-refractivity contribution >= 4 is 41.4 Å². The van der Waals surface area contributed by atoms with Crippen LogP contribution in [0.15, 0.2) is 39.7 Å². The maximum Gasteiger partial charge on any atom is 0.425 e. The summed E-state index contributed by atoms with van der Waals surface area (Å²) in [5.41, 5.74) is 1.61. The first kappa shape index (κ1) is 25.5. The Morgan fingerprint density at radius 2 is 1.97 bits per heavy atom. The molecule has 0 radical (unpaired) electrons. The predicted molar refractivity (Wildman–Crippen MR) is 128 cm³/mol. The Kier molecular flexibility index (Phi) is 7.74. The van der Waals surface area contributed by atoms with Crippen LogP contribution in [0.2, 0.25) is 19.6 Å². The molecule has 3 rings (SSSR count). The summed E-state index contributed by atoms with van der Waals surface area (Å²) < 4.78 is 40.7. The predicted octanol–water partition coefficient (Wildman–Crippen LogP) is 3.84. The standard InChI is InChI=1S/C21H28FN3O5S2Si/c1-25(12-18(26)14-8-10-15(22)11-9-14)32(28,29)19-13-31-20-16(19)6-5-7-17(20)23-30-21(27)24-33(2,3)4/h8-11,13,18,26H,5-7,12H2,1-4H3,(H,24,27)/b23-17-. The number of likely N-dealkylation sites (N-methyl/N-ethyl adjacent to an activating group) is 1. The van der Waals surface area contributed by atoms with E-state index in [-0.39, 0.29) is 11.4 Å². The van der Waals surface area contributed by atoms with Crippen molar-refractivity contribution in [3.05, 3.63) is 51.5 Å². The summed E-state index contributed by atoms with van der Waals surface area (Å²) in [7, 11) is -4.36. The van der Waals surface area contributed by atoms with Crippen molar-refractivity contribution in [1.29, 1.82) is 0 Å². The number of rotatable bonds is 7. The molecular weight excluding hydrogens is 485 g/mol. The first-order valence-corrected chi connectivity index (χ1v) is 16.3. The molecule has 0 fully saturated rings. The lowest BCUT2D eigenvalue weighted by Crippen LogP contribution is -2.45. The van der Waals surface area contributed by atoms with Gasteiger partial charge in [-0.05, 0) is 42.5 Å². The number of hydrogen-bond acceptors (Lipinski definition) is 7. The van der Waals surface area contributed by atoms with Gasteiger partial charge in [-0.2, -0.15) is 4.31 Å². The van der Waals surface area contributed by atoms with E-state index in [4.69, 9.17) is 4.84 Å². The summed E-state index contributed by atoms with van der Waals surface area (Å²) in [6, 6.07) is 5.28. The molecular formula is C21H28FN3O5S2Si. The minimum Gasteiger partial charge on any atom is -0.387 e. The fraction of sp³-hybridized carbons (Fsp3) is 0.429. The third-order valence-electron chi connectivity index (χ3n) is 5.05. The first-order valence-electron chi connectivity index (χ1n) is 10.4. The highest BCUT2D eigenvalue weighted by Gasteiger charge is 2.32. The highest BCUT2D eigenvalue weighted by molar-refractivity contribution is 7.89. The second-order valence-corrected chi connectivity index (χ2v) is 16.5. The number of benzene rings is 1. The van der Waals surface area contributed by atoms with E-state index in [0.29, 0.717) is 41.0 Å². The second kappa shape index (κ2) is 10.0. The largest absolute Gasteiger partial charge is 0.425 e. The van der Waals surface area contributed by atoms with Gasteiger partial charge in [0.15, 0.2) is 8.24 Å². The third kappa shape index (κ3) is 6.26. The SMILES string of the molecule is CN(CC(O)c1ccc(F)cc1)S(=O)(=O)c1csc2c1CCC/C2=N/OC(=O)N[Si](C)(C)C. The van der Waals surface area contributed by atoms with Crippen LogP contribution in [-0.2, 0) is 21.3 Å². The molecule has 33 heavy (non-hydrogen) atoms. The van der Waals surface area contributed by atoms with E-state index >= 15 is 0 Å². The molecule has 0 saturated heterocycles. The minimum atomic E-state index is -3.89. The summed E-state index contributed by atoms with van der Waals surface area (Å²) in [4.78, 5) is 20.6. The fourth-order valence-electron chi connectivity index (χ4n) is 3.42. The Bertz CT molecular complexity index is 1140. The van der Waals surface area contributed by atoms with Crippen LogP contribution < -0.4 is 4.98 Å². The van der Waals surface area contributed by atoms with E-state index in [1.165, 1.54) is 42.6 Å². The van der Waals surface area contributed by atoms with Crippen molar-refractivity contribution in [2.75, 3.05) is 13.6 Å². The molecule has 1 heterocycles. The molecule has 0 bridgehead atoms. The van der Waals surface area contributed by atoms with Gasteiger partial charge >= 0.3 is 6.09 Å². The molecule has 8 nitrogen and oxygen atoms in total. The zero-order chi connectivity index (χ0) is 24.4. The monoisotopic (exact) mass is 513 g/mol. The summed E-state index contributed by atoms with van der Waals surface area (Å²) in [5.74, 6) is -0.434. The third-order valence-corrected chi connectivity index (χ3v) is 9.11. The van der Waals surface area contributed by atoms with Crippen LogP contribution in [-0.4, -0.2) is 51.5 Å². The van der Waals surface area contributed by atoms with Gasteiger partial charge in [0.2, 0.25) is 10.0 Å². The summed E-state index contributed by atoms with van der Waals surface area (Å²) in [5, 5.41) is 16.0. The van der Waals surface area contributed by atoms with E-state index in [0.717, 1.165) is 4.31 Å². The summed E-state index contributed by atoms with van der Waals surface area (Å²) >= 11 is 1.24. The number of aliphatic hydroxyl groups is 1. The number of thiophene rings is 1. The first-order chi connectivity index (χ1) is 15.4. The van der Waals surface area contributed by atoms with Crippen LogP contribution >= 0.6 is 11.3 Å². The molecule has 180 valence electrons. The van der Waals surface area contributed by atoms with Crippen LogP contribution in [0.25, 0.3) is 0 Å². The van der Waals surface area contributed by atoms with Crippen molar-refractivity contribution in [3.63, 3.8) is 0 Å². The molecule has 1 unspecified atom stereocenters. The zero-order valence-electron chi connectivity index (χ0n) is 19.0. The molecule has 2 aromatic rings. The van der Waals surface area contributed by atoms with Crippen molar-refractivity contribution in [3.8, 4) is 0 Å². The number of nitrogens with one attached hydrogen (secondary N) is 1. The smallest absolute Gasteiger partial charge is 0.387 e. The zero-order valence-corrected chi connectivity index (χ0v) is 21.6. The van der Waals surface area contributed by atoms with Crippen LogP contribution in [0.4, 0.5) is 9.18 Å². The average Bonchev–Trinajstić information content (AvgIpc) is 3.17. The Balaban J connectivity index is 1.78. The topological polar surface area (TPSA) is 108 Å². The van der Waals surface area contributed by atoms with Crippen molar-refractivity contribution in [2.24, 2.45) is 5.16 Å². The Morgan fingerprint density at radius 3 is 2.61 bits per heavy atom. The van der Waals surface area contributed by atoms with E-state index < -0.39 is 36.3 Å². The molecule has 1 aliphatic rings. The number of oxime groups is 1. The van der Waals surface area contributed by atoms with Crippen LogP contribution in [0.1, 0.15) is 34.9 Å². The quantitative estimate of drug-likeness (QED) is 0.332. The molecule has 12 heteroatoms. The molecule has 1 atom stereocenters. The molecule has 0 saturated carbocycles. The van der Waals surface area contributed by atoms with Gasteiger partial charge in [-0.1, -0.05) is 36.9 Å². The summed E-state index contributed by atoms with van der Waals surface area (Å²) in [6.07, 6.45) is 0.0863. The number of halogens is 1. The number of aliphatic hydroxyl groups excluding tert-OH is 1. The van der Waals surface area contributed by atoms with Gasteiger partial charge < -0.3 is 10.1 Å². The lowest BCUT2D eigenvalue weighted by Gasteiger charge is -2.22. The van der Waals surface area contributed by atoms with Gasteiger partial charge in [0, 0.05) is 19.0 Å². The Morgan fingerprint density at radius 1 is 1.30 bits per heavy atom. The Labute approximate surface area is 198 Å². The maximum absolute atomic E-state index is 13.2. The lowest BCUT2D eigenvalue weighted by atomic mass is 9.98. The number of hydrogen-bond donors (Lipinski definition) is 2. The molecule has 1 amide bonds. The van der Waals surface area contributed by atoms with E-state index in [9.17, 15) is 22.7 Å². The number of sulfonamides is 1. The maximum atomic E-state index is 13.2. The average molecular weight is 514 g/mol. The van der Waals surface area contributed by atoms with Crippen LogP contribution in [0.5, 0.6) is 0 Å². The van der Waals surface area contributed by atoms with Gasteiger partial charge in [-0.3, -0.25) is 4.84 Å². The van der Waals surface area contributed by atoms with Gasteiger partial charge in [0.25, 0.3) is 0 Å². The molecule has 1 aromatic heterocycles. The van der Waals surface area contributed by atoms with Crippen LogP contribution in [0, 0.1) is 5.82 Å². The molecule has 2 N–H and O–H groups in total.